The van der Waals surface area contributed by atoms with Crippen LogP contribution in [0.15, 0.2) is 42.5 Å². The topological polar surface area (TPSA) is 82.4 Å². The first-order chi connectivity index (χ1) is 12.1. The number of nitrogens with zero attached hydrogens (tertiary/aromatic N) is 2. The molecule has 0 bridgehead atoms. The van der Waals surface area contributed by atoms with Crippen molar-refractivity contribution in [3.05, 3.63) is 53.6 Å². The number of carbonyl (C=O) groups excluding carboxylic acids is 2. The Morgan fingerprint density at radius 2 is 2.16 bits per heavy atom. The number of hydrogen-bond acceptors (Lipinski definition) is 4. The maximum absolute atomic E-state index is 12.2. The standard InChI is InChI=1S/C19H17N3O3/c1-13-5-6-17-16(9-13)22(19(24)12-25-17)8-7-18(23)21-15-4-2-3-14(10-15)11-20/h2-6,9-10H,7-8,12H2,1H3,(H,21,23). The number of aryl methyl sites for hydroxylation is 1. The van der Waals surface area contributed by atoms with Gasteiger partial charge in [0.2, 0.25) is 5.91 Å². The molecule has 0 saturated heterocycles. The van der Waals surface area contributed by atoms with Gasteiger partial charge in [-0.05, 0) is 42.8 Å². The number of amides is 2. The molecule has 1 aliphatic rings. The average Bonchev–Trinajstić information content (AvgIpc) is 2.61. The van der Waals surface area contributed by atoms with Crippen molar-refractivity contribution < 1.29 is 14.3 Å². The molecule has 2 amide bonds. The number of nitriles is 1. The highest BCUT2D eigenvalue weighted by molar-refractivity contribution is 5.99. The number of anilines is 2. The van der Waals surface area contributed by atoms with Gasteiger partial charge in [-0.25, -0.2) is 0 Å². The van der Waals surface area contributed by atoms with Gasteiger partial charge in [-0.1, -0.05) is 12.1 Å². The second-order valence-corrected chi connectivity index (χ2v) is 5.80. The predicted molar refractivity (Wildman–Crippen MR) is 93.4 cm³/mol. The summed E-state index contributed by atoms with van der Waals surface area (Å²) in [5, 5.41) is 11.6. The molecule has 1 aliphatic heterocycles. The van der Waals surface area contributed by atoms with Gasteiger partial charge in [0.1, 0.15) is 5.75 Å². The second kappa shape index (κ2) is 7.05. The molecule has 126 valence electrons. The maximum Gasteiger partial charge on any atom is 0.265 e. The van der Waals surface area contributed by atoms with Crippen molar-refractivity contribution >= 4 is 23.2 Å². The van der Waals surface area contributed by atoms with Crippen molar-refractivity contribution in [2.75, 3.05) is 23.4 Å². The van der Waals surface area contributed by atoms with Crippen LogP contribution >= 0.6 is 0 Å². The van der Waals surface area contributed by atoms with Gasteiger partial charge in [-0.2, -0.15) is 5.26 Å². The quantitative estimate of drug-likeness (QED) is 0.931. The Labute approximate surface area is 145 Å². The van der Waals surface area contributed by atoms with Crippen molar-refractivity contribution in [1.29, 1.82) is 5.26 Å². The number of hydrogen-bond donors (Lipinski definition) is 1. The van der Waals surface area contributed by atoms with Crippen LogP contribution in [0, 0.1) is 18.3 Å². The minimum atomic E-state index is -0.219. The second-order valence-electron chi connectivity index (χ2n) is 5.80. The Hall–Kier alpha value is -3.33. The third-order valence-corrected chi connectivity index (χ3v) is 3.90. The number of carbonyl (C=O) groups is 2. The summed E-state index contributed by atoms with van der Waals surface area (Å²) in [5.74, 6) is 0.258. The lowest BCUT2D eigenvalue weighted by atomic mass is 10.1. The van der Waals surface area contributed by atoms with Crippen LogP contribution in [0.5, 0.6) is 5.75 Å². The molecule has 1 N–H and O–H groups in total. The minimum Gasteiger partial charge on any atom is -0.482 e. The third kappa shape index (κ3) is 3.78. The zero-order chi connectivity index (χ0) is 17.8. The zero-order valence-electron chi connectivity index (χ0n) is 13.8. The molecule has 3 rings (SSSR count). The number of nitrogens with one attached hydrogen (secondary N) is 1. The van der Waals surface area contributed by atoms with Crippen molar-refractivity contribution in [2.45, 2.75) is 13.3 Å². The molecule has 25 heavy (non-hydrogen) atoms. The van der Waals surface area contributed by atoms with Gasteiger partial charge in [0, 0.05) is 18.7 Å². The van der Waals surface area contributed by atoms with Crippen LogP contribution in [0.25, 0.3) is 0 Å². The van der Waals surface area contributed by atoms with Gasteiger partial charge >= 0.3 is 0 Å². The van der Waals surface area contributed by atoms with Gasteiger partial charge in [-0.15, -0.1) is 0 Å². The summed E-state index contributed by atoms with van der Waals surface area (Å²) < 4.78 is 5.43. The summed E-state index contributed by atoms with van der Waals surface area (Å²) in [5.41, 5.74) is 2.74. The van der Waals surface area contributed by atoms with Gasteiger partial charge in [0.05, 0.1) is 17.3 Å². The maximum atomic E-state index is 12.2. The monoisotopic (exact) mass is 335 g/mol. The van der Waals surface area contributed by atoms with Crippen LogP contribution < -0.4 is 15.0 Å². The molecule has 0 atom stereocenters. The lowest BCUT2D eigenvalue weighted by Gasteiger charge is -2.29. The van der Waals surface area contributed by atoms with Crippen LogP contribution in [0.1, 0.15) is 17.5 Å². The normalized spacial score (nSPS) is 12.8. The van der Waals surface area contributed by atoms with Crippen LogP contribution in [-0.2, 0) is 9.59 Å². The van der Waals surface area contributed by atoms with E-state index in [4.69, 9.17) is 10.00 Å². The summed E-state index contributed by atoms with van der Waals surface area (Å²) in [6, 6.07) is 14.4. The average molecular weight is 335 g/mol. The smallest absolute Gasteiger partial charge is 0.265 e. The van der Waals surface area contributed by atoms with Crippen LogP contribution in [0.3, 0.4) is 0 Å². The Morgan fingerprint density at radius 3 is 2.96 bits per heavy atom. The van der Waals surface area contributed by atoms with E-state index in [9.17, 15) is 9.59 Å². The molecule has 0 radical (unpaired) electrons. The highest BCUT2D eigenvalue weighted by Crippen LogP contribution is 2.32. The molecule has 6 nitrogen and oxygen atoms in total. The predicted octanol–water partition coefficient (Wildman–Crippen LogP) is 2.62. The number of rotatable bonds is 4. The molecule has 0 aliphatic carbocycles. The van der Waals surface area contributed by atoms with Crippen molar-refractivity contribution in [2.24, 2.45) is 0 Å². The van der Waals surface area contributed by atoms with Gasteiger partial charge in [-0.3, -0.25) is 9.59 Å². The first kappa shape index (κ1) is 16.5. The van der Waals surface area contributed by atoms with Crippen molar-refractivity contribution in [1.82, 2.24) is 0 Å². The Kier molecular flexibility index (Phi) is 4.66. The van der Waals surface area contributed by atoms with Crippen molar-refractivity contribution in [3.63, 3.8) is 0 Å². The fourth-order valence-corrected chi connectivity index (χ4v) is 2.66. The molecule has 6 heteroatoms. The Morgan fingerprint density at radius 1 is 1.32 bits per heavy atom. The highest BCUT2D eigenvalue weighted by Gasteiger charge is 2.25. The van der Waals surface area contributed by atoms with E-state index in [1.54, 1.807) is 29.2 Å². The molecule has 0 saturated carbocycles. The van der Waals surface area contributed by atoms with E-state index >= 15 is 0 Å². The van der Waals surface area contributed by atoms with E-state index in [0.29, 0.717) is 22.7 Å². The van der Waals surface area contributed by atoms with E-state index in [1.807, 2.05) is 31.2 Å². The summed E-state index contributed by atoms with van der Waals surface area (Å²) in [6.07, 6.45) is 0.149. The molecule has 2 aromatic carbocycles. The van der Waals surface area contributed by atoms with Crippen molar-refractivity contribution in [3.8, 4) is 11.8 Å². The van der Waals surface area contributed by atoms with E-state index in [-0.39, 0.29) is 31.4 Å². The molecule has 2 aromatic rings. The first-order valence-corrected chi connectivity index (χ1v) is 7.90. The molecule has 0 aromatic heterocycles. The third-order valence-electron chi connectivity index (χ3n) is 3.90. The zero-order valence-corrected chi connectivity index (χ0v) is 13.8. The molecule has 0 unspecified atom stereocenters. The lowest BCUT2D eigenvalue weighted by Crippen LogP contribution is -2.40. The summed E-state index contributed by atoms with van der Waals surface area (Å²) in [7, 11) is 0. The number of benzene rings is 2. The Bertz CT molecular complexity index is 870. The minimum absolute atomic E-state index is 0.0259. The molecular formula is C19H17N3O3. The fourth-order valence-electron chi connectivity index (χ4n) is 2.66. The molecule has 0 fully saturated rings. The van der Waals surface area contributed by atoms with E-state index in [0.717, 1.165) is 5.56 Å². The van der Waals surface area contributed by atoms with Gasteiger partial charge in [0.25, 0.3) is 5.91 Å². The summed E-state index contributed by atoms with van der Waals surface area (Å²) in [6.45, 7) is 2.18. The lowest BCUT2D eigenvalue weighted by molar-refractivity contribution is -0.121. The van der Waals surface area contributed by atoms with E-state index in [2.05, 4.69) is 5.32 Å². The first-order valence-electron chi connectivity index (χ1n) is 7.90. The summed E-state index contributed by atoms with van der Waals surface area (Å²) in [4.78, 5) is 25.9. The van der Waals surface area contributed by atoms with E-state index in [1.165, 1.54) is 0 Å². The molecule has 0 spiro atoms. The molecule has 1 heterocycles. The number of ether oxygens (including phenoxy) is 1. The fraction of sp³-hybridized carbons (Fsp3) is 0.211. The SMILES string of the molecule is Cc1ccc2c(c1)N(CCC(=O)Nc1cccc(C#N)c1)C(=O)CO2. The van der Waals surface area contributed by atoms with E-state index < -0.39 is 0 Å². The highest BCUT2D eigenvalue weighted by atomic mass is 16.5. The number of fused-ring (bicyclic) bond motifs is 1. The largest absolute Gasteiger partial charge is 0.482 e. The summed E-state index contributed by atoms with van der Waals surface area (Å²) >= 11 is 0. The van der Waals surface area contributed by atoms with Gasteiger partial charge < -0.3 is 15.0 Å². The molecular weight excluding hydrogens is 318 g/mol. The Balaban J connectivity index is 1.67. The van der Waals surface area contributed by atoms with Crippen LogP contribution in [-0.4, -0.2) is 25.0 Å². The van der Waals surface area contributed by atoms with Gasteiger partial charge in [0.15, 0.2) is 6.61 Å². The van der Waals surface area contributed by atoms with Crippen LogP contribution in [0.4, 0.5) is 11.4 Å². The van der Waals surface area contributed by atoms with Crippen LogP contribution in [0.2, 0.25) is 0 Å².